The second-order valence-electron chi connectivity index (χ2n) is 4.61. The summed E-state index contributed by atoms with van der Waals surface area (Å²) in [7, 11) is 0. The SMILES string of the molecule is CCC(C)(C)C(C)(CC)CC.O=CO. The molecular formula is C12H26O2. The van der Waals surface area contributed by atoms with Gasteiger partial charge in [-0.05, 0) is 10.8 Å². The lowest BCUT2D eigenvalue weighted by molar-refractivity contribution is -0.122. The molecule has 14 heavy (non-hydrogen) atoms. The van der Waals surface area contributed by atoms with Gasteiger partial charge >= 0.3 is 0 Å². The molecule has 0 atom stereocenters. The molecule has 0 rings (SSSR count). The topological polar surface area (TPSA) is 37.3 Å². The van der Waals surface area contributed by atoms with Crippen molar-refractivity contribution in [3.05, 3.63) is 0 Å². The fourth-order valence-electron chi connectivity index (χ4n) is 1.63. The molecule has 0 fully saturated rings. The van der Waals surface area contributed by atoms with E-state index in [4.69, 9.17) is 9.90 Å². The summed E-state index contributed by atoms with van der Waals surface area (Å²) in [5, 5.41) is 6.89. The summed E-state index contributed by atoms with van der Waals surface area (Å²) in [5.41, 5.74) is 1.03. The fourth-order valence-corrected chi connectivity index (χ4v) is 1.63. The summed E-state index contributed by atoms with van der Waals surface area (Å²) in [4.78, 5) is 8.36. The standard InChI is InChI=1S/C11H24.CH2O2/c1-7-10(4,5)11(6,8-2)9-3;2-1-3/h7-9H2,1-6H3;1H,(H,2,3). The summed E-state index contributed by atoms with van der Waals surface area (Å²) in [6.45, 7) is 13.8. The molecule has 0 heterocycles. The molecule has 0 aromatic carbocycles. The first kappa shape index (κ1) is 15.9. The van der Waals surface area contributed by atoms with Crippen LogP contribution in [0.4, 0.5) is 0 Å². The van der Waals surface area contributed by atoms with Crippen molar-refractivity contribution in [1.29, 1.82) is 0 Å². The van der Waals surface area contributed by atoms with E-state index in [2.05, 4.69) is 41.5 Å². The smallest absolute Gasteiger partial charge is 0.290 e. The Morgan fingerprint density at radius 2 is 1.29 bits per heavy atom. The van der Waals surface area contributed by atoms with Gasteiger partial charge in [0, 0.05) is 0 Å². The molecule has 1 N–H and O–H groups in total. The van der Waals surface area contributed by atoms with Crippen molar-refractivity contribution in [2.75, 3.05) is 0 Å². The Balaban J connectivity index is 0. The van der Waals surface area contributed by atoms with Crippen molar-refractivity contribution in [1.82, 2.24) is 0 Å². The number of carboxylic acid groups (broad SMARTS) is 1. The molecule has 0 aliphatic carbocycles. The molecule has 0 saturated carbocycles. The Morgan fingerprint density at radius 1 is 1.00 bits per heavy atom. The molecule has 0 amide bonds. The van der Waals surface area contributed by atoms with Gasteiger partial charge in [0.25, 0.3) is 6.47 Å². The Labute approximate surface area is 88.7 Å². The number of rotatable bonds is 4. The predicted octanol–water partition coefficient (Wildman–Crippen LogP) is 3.95. The third-order valence-corrected chi connectivity index (χ3v) is 4.08. The van der Waals surface area contributed by atoms with E-state index in [-0.39, 0.29) is 6.47 Å². The van der Waals surface area contributed by atoms with E-state index < -0.39 is 0 Å². The molecule has 0 aromatic rings. The van der Waals surface area contributed by atoms with E-state index in [0.29, 0.717) is 10.8 Å². The van der Waals surface area contributed by atoms with E-state index in [1.54, 1.807) is 0 Å². The van der Waals surface area contributed by atoms with Gasteiger partial charge in [0.1, 0.15) is 0 Å². The van der Waals surface area contributed by atoms with Crippen molar-refractivity contribution in [3.63, 3.8) is 0 Å². The van der Waals surface area contributed by atoms with Crippen LogP contribution in [0.3, 0.4) is 0 Å². The third-order valence-electron chi connectivity index (χ3n) is 4.08. The van der Waals surface area contributed by atoms with Crippen LogP contribution in [0.25, 0.3) is 0 Å². The van der Waals surface area contributed by atoms with Gasteiger partial charge in [-0.3, -0.25) is 4.79 Å². The molecule has 0 aromatic heterocycles. The highest BCUT2D eigenvalue weighted by atomic mass is 16.3. The van der Waals surface area contributed by atoms with Gasteiger partial charge in [0.05, 0.1) is 0 Å². The van der Waals surface area contributed by atoms with Crippen LogP contribution >= 0.6 is 0 Å². The summed E-state index contributed by atoms with van der Waals surface area (Å²) in [6.07, 6.45) is 3.87. The van der Waals surface area contributed by atoms with E-state index in [1.807, 2.05) is 0 Å². The molecule has 0 aliphatic rings. The van der Waals surface area contributed by atoms with Crippen molar-refractivity contribution >= 4 is 6.47 Å². The maximum absolute atomic E-state index is 8.36. The second-order valence-corrected chi connectivity index (χ2v) is 4.61. The first-order valence-electron chi connectivity index (χ1n) is 5.43. The summed E-state index contributed by atoms with van der Waals surface area (Å²) in [6, 6.07) is 0. The minimum absolute atomic E-state index is 0.250. The second kappa shape index (κ2) is 6.86. The molecule has 2 nitrogen and oxygen atoms in total. The molecule has 0 unspecified atom stereocenters. The van der Waals surface area contributed by atoms with E-state index >= 15 is 0 Å². The van der Waals surface area contributed by atoms with Crippen LogP contribution in [0.2, 0.25) is 0 Å². The first-order chi connectivity index (χ1) is 6.35. The Hall–Kier alpha value is -0.530. The van der Waals surface area contributed by atoms with Crippen molar-refractivity contribution in [3.8, 4) is 0 Å². The number of hydrogen-bond acceptors (Lipinski definition) is 1. The van der Waals surface area contributed by atoms with Gasteiger partial charge < -0.3 is 5.11 Å². The maximum Gasteiger partial charge on any atom is 0.290 e. The van der Waals surface area contributed by atoms with Gasteiger partial charge in [-0.1, -0.05) is 60.8 Å². The quantitative estimate of drug-likeness (QED) is 0.701. The first-order valence-corrected chi connectivity index (χ1v) is 5.43. The summed E-state index contributed by atoms with van der Waals surface area (Å²) in [5.74, 6) is 0. The summed E-state index contributed by atoms with van der Waals surface area (Å²) < 4.78 is 0. The molecule has 0 aliphatic heterocycles. The Bertz CT molecular complexity index is 146. The molecular weight excluding hydrogens is 176 g/mol. The van der Waals surface area contributed by atoms with Gasteiger partial charge in [0.15, 0.2) is 0 Å². The minimum atomic E-state index is -0.250. The van der Waals surface area contributed by atoms with Crippen LogP contribution in [-0.2, 0) is 4.79 Å². The lowest BCUT2D eigenvalue weighted by Gasteiger charge is -2.43. The number of carbonyl (C=O) groups is 1. The van der Waals surface area contributed by atoms with Crippen molar-refractivity contribution < 1.29 is 9.90 Å². The molecule has 0 bridgehead atoms. The van der Waals surface area contributed by atoms with Crippen molar-refractivity contribution in [2.45, 2.75) is 60.8 Å². The average molecular weight is 202 g/mol. The highest BCUT2D eigenvalue weighted by molar-refractivity contribution is 5.32. The summed E-state index contributed by atoms with van der Waals surface area (Å²) >= 11 is 0. The van der Waals surface area contributed by atoms with Crippen LogP contribution in [0.1, 0.15) is 60.8 Å². The van der Waals surface area contributed by atoms with Gasteiger partial charge in [-0.25, -0.2) is 0 Å². The zero-order valence-electron chi connectivity index (χ0n) is 10.6. The van der Waals surface area contributed by atoms with Crippen LogP contribution in [0.5, 0.6) is 0 Å². The fraction of sp³-hybridized carbons (Fsp3) is 0.917. The monoisotopic (exact) mass is 202 g/mol. The zero-order valence-corrected chi connectivity index (χ0v) is 10.6. The van der Waals surface area contributed by atoms with Crippen LogP contribution in [-0.4, -0.2) is 11.6 Å². The molecule has 0 radical (unpaired) electrons. The number of hydrogen-bond donors (Lipinski definition) is 1. The van der Waals surface area contributed by atoms with Gasteiger partial charge in [-0.2, -0.15) is 0 Å². The van der Waals surface area contributed by atoms with Crippen molar-refractivity contribution in [2.24, 2.45) is 10.8 Å². The zero-order chi connectivity index (χ0) is 11.8. The van der Waals surface area contributed by atoms with Gasteiger partial charge in [0.2, 0.25) is 0 Å². The van der Waals surface area contributed by atoms with E-state index in [1.165, 1.54) is 19.3 Å². The molecule has 2 heteroatoms. The van der Waals surface area contributed by atoms with E-state index in [0.717, 1.165) is 0 Å². The maximum atomic E-state index is 8.36. The lowest BCUT2D eigenvalue weighted by Crippen LogP contribution is -2.33. The van der Waals surface area contributed by atoms with Gasteiger partial charge in [-0.15, -0.1) is 0 Å². The predicted molar refractivity (Wildman–Crippen MR) is 61.5 cm³/mol. The lowest BCUT2D eigenvalue weighted by atomic mass is 9.62. The molecule has 86 valence electrons. The van der Waals surface area contributed by atoms with Crippen LogP contribution < -0.4 is 0 Å². The Morgan fingerprint density at radius 3 is 1.36 bits per heavy atom. The Kier molecular flexibility index (Phi) is 7.80. The average Bonchev–Trinajstić information content (AvgIpc) is 2.17. The normalized spacial score (nSPS) is 11.6. The van der Waals surface area contributed by atoms with Crippen LogP contribution in [0, 0.1) is 10.8 Å². The molecule has 0 saturated heterocycles. The third kappa shape index (κ3) is 4.12. The van der Waals surface area contributed by atoms with Crippen LogP contribution in [0.15, 0.2) is 0 Å². The highest BCUT2D eigenvalue weighted by Gasteiger charge is 2.35. The largest absolute Gasteiger partial charge is 0.483 e. The minimum Gasteiger partial charge on any atom is -0.483 e. The highest BCUT2D eigenvalue weighted by Crippen LogP contribution is 2.46. The molecule has 0 spiro atoms. The van der Waals surface area contributed by atoms with E-state index in [9.17, 15) is 0 Å².